The number of phenols is 1. The second-order valence-corrected chi connectivity index (χ2v) is 5.92. The smallest absolute Gasteiger partial charge is 0.130 e. The molecule has 0 unspecified atom stereocenters. The van der Waals surface area contributed by atoms with Gasteiger partial charge in [-0.2, -0.15) is 0 Å². The Morgan fingerprint density at radius 1 is 0.800 bits per heavy atom. The van der Waals surface area contributed by atoms with E-state index in [1.165, 1.54) is 5.56 Å². The second kappa shape index (κ2) is 11.0. The van der Waals surface area contributed by atoms with Gasteiger partial charge in [-0.1, -0.05) is 24.3 Å². The molecule has 0 radical (unpaired) electrons. The van der Waals surface area contributed by atoms with Crippen LogP contribution in [0, 0.1) is 0 Å². The van der Waals surface area contributed by atoms with Crippen LogP contribution in [-0.2, 0) is 22.4 Å². The molecule has 0 saturated carbocycles. The molecule has 0 heterocycles. The number of rotatable bonds is 7. The molecule has 2 rings (SSSR count). The van der Waals surface area contributed by atoms with E-state index in [1.807, 2.05) is 36.4 Å². The van der Waals surface area contributed by atoms with Gasteiger partial charge in [0.05, 0.1) is 7.11 Å². The van der Waals surface area contributed by atoms with E-state index in [2.05, 4.69) is 0 Å². The van der Waals surface area contributed by atoms with Crippen molar-refractivity contribution >= 4 is 11.6 Å². The molecule has 0 aromatic heterocycles. The molecule has 0 atom stereocenters. The summed E-state index contributed by atoms with van der Waals surface area (Å²) >= 11 is 0. The summed E-state index contributed by atoms with van der Waals surface area (Å²) in [5, 5.41) is 8.97. The maximum absolute atomic E-state index is 10.7. The summed E-state index contributed by atoms with van der Waals surface area (Å²) in [5.74, 6) is 1.55. The van der Waals surface area contributed by atoms with Crippen molar-refractivity contribution in [1.29, 1.82) is 0 Å². The highest BCUT2D eigenvalue weighted by Gasteiger charge is 1.97. The Balaban J connectivity index is 0.000000251. The lowest BCUT2D eigenvalue weighted by Crippen LogP contribution is -1.93. The molecule has 2 aromatic rings. The lowest BCUT2D eigenvalue weighted by Gasteiger charge is -2.01. The van der Waals surface area contributed by atoms with Gasteiger partial charge in [-0.25, -0.2) is 0 Å². The fourth-order valence-electron chi connectivity index (χ4n) is 2.10. The predicted molar refractivity (Wildman–Crippen MR) is 99.1 cm³/mol. The first kappa shape index (κ1) is 20.4. The van der Waals surface area contributed by atoms with E-state index in [-0.39, 0.29) is 17.3 Å². The SMILES string of the molecule is CC(=O)CCc1ccc(O)cc1.COc1ccc(CCC(C)=O)cc1. The molecule has 0 bridgehead atoms. The second-order valence-electron chi connectivity index (χ2n) is 5.92. The predicted octanol–water partition coefficient (Wildman–Crippen LogP) is 4.13. The van der Waals surface area contributed by atoms with Crippen molar-refractivity contribution in [2.75, 3.05) is 7.11 Å². The summed E-state index contributed by atoms with van der Waals surface area (Å²) < 4.78 is 5.03. The van der Waals surface area contributed by atoms with E-state index in [0.717, 1.165) is 24.2 Å². The lowest BCUT2D eigenvalue weighted by molar-refractivity contribution is -0.117. The number of methoxy groups -OCH3 is 1. The maximum atomic E-state index is 10.7. The van der Waals surface area contributed by atoms with Gasteiger partial charge in [-0.3, -0.25) is 0 Å². The Bertz CT molecular complexity index is 657. The molecule has 1 N–H and O–H groups in total. The Morgan fingerprint density at radius 2 is 1.20 bits per heavy atom. The number of aromatic hydroxyl groups is 1. The normalized spacial score (nSPS) is 9.72. The van der Waals surface area contributed by atoms with E-state index in [1.54, 1.807) is 33.1 Å². The van der Waals surface area contributed by atoms with Crippen LogP contribution in [0.15, 0.2) is 48.5 Å². The van der Waals surface area contributed by atoms with Gasteiger partial charge in [-0.15, -0.1) is 0 Å². The molecule has 0 saturated heterocycles. The highest BCUT2D eigenvalue weighted by Crippen LogP contribution is 2.12. The van der Waals surface area contributed by atoms with Gasteiger partial charge in [-0.05, 0) is 62.1 Å². The minimum Gasteiger partial charge on any atom is -0.508 e. The highest BCUT2D eigenvalue weighted by atomic mass is 16.5. The van der Waals surface area contributed by atoms with Crippen molar-refractivity contribution in [2.24, 2.45) is 0 Å². The van der Waals surface area contributed by atoms with E-state index in [0.29, 0.717) is 12.8 Å². The van der Waals surface area contributed by atoms with Crippen LogP contribution < -0.4 is 4.74 Å². The first-order valence-electron chi connectivity index (χ1n) is 8.30. The van der Waals surface area contributed by atoms with Gasteiger partial charge in [0.15, 0.2) is 0 Å². The molecular weight excluding hydrogens is 316 g/mol. The van der Waals surface area contributed by atoms with Crippen LogP contribution in [0.3, 0.4) is 0 Å². The summed E-state index contributed by atoms with van der Waals surface area (Å²) in [4.78, 5) is 21.4. The van der Waals surface area contributed by atoms with Crippen LogP contribution in [0.5, 0.6) is 11.5 Å². The zero-order valence-electron chi connectivity index (χ0n) is 15.1. The topological polar surface area (TPSA) is 63.6 Å². The van der Waals surface area contributed by atoms with E-state index in [4.69, 9.17) is 9.84 Å². The Labute approximate surface area is 149 Å². The average molecular weight is 342 g/mol. The van der Waals surface area contributed by atoms with Gasteiger partial charge in [0.2, 0.25) is 0 Å². The third-order valence-electron chi connectivity index (χ3n) is 3.63. The fraction of sp³-hybridized carbons (Fsp3) is 0.333. The summed E-state index contributed by atoms with van der Waals surface area (Å²) in [7, 11) is 1.64. The van der Waals surface area contributed by atoms with Crippen LogP contribution in [0.2, 0.25) is 0 Å². The Morgan fingerprint density at radius 3 is 1.56 bits per heavy atom. The lowest BCUT2D eigenvalue weighted by atomic mass is 10.1. The summed E-state index contributed by atoms with van der Waals surface area (Å²) in [6, 6.07) is 14.7. The van der Waals surface area contributed by atoms with Crippen LogP contribution in [-0.4, -0.2) is 23.8 Å². The zero-order chi connectivity index (χ0) is 18.7. The number of benzene rings is 2. The molecule has 0 fully saturated rings. The number of hydrogen-bond donors (Lipinski definition) is 1. The number of ketones is 2. The first-order valence-corrected chi connectivity index (χ1v) is 8.30. The first-order chi connectivity index (χ1) is 11.9. The van der Waals surface area contributed by atoms with Crippen molar-refractivity contribution < 1.29 is 19.4 Å². The number of carbonyl (C=O) groups is 2. The van der Waals surface area contributed by atoms with Crippen molar-refractivity contribution in [3.63, 3.8) is 0 Å². The van der Waals surface area contributed by atoms with Gasteiger partial charge < -0.3 is 19.4 Å². The Kier molecular flexibility index (Phi) is 9.01. The van der Waals surface area contributed by atoms with Gasteiger partial charge >= 0.3 is 0 Å². The molecular formula is C21H26O4. The standard InChI is InChI=1S/C11H14O2.C10H12O2/c1-9(12)3-4-10-5-7-11(13-2)8-6-10;1-8(11)2-3-9-4-6-10(12)7-5-9/h5-8H,3-4H2,1-2H3;4-7,12H,2-3H2,1H3. The van der Waals surface area contributed by atoms with Crippen molar-refractivity contribution in [3.05, 3.63) is 59.7 Å². The number of ether oxygens (including phenoxy) is 1. The van der Waals surface area contributed by atoms with Gasteiger partial charge in [0.25, 0.3) is 0 Å². The monoisotopic (exact) mass is 342 g/mol. The van der Waals surface area contributed by atoms with E-state index < -0.39 is 0 Å². The number of aryl methyl sites for hydroxylation is 2. The Hall–Kier alpha value is -2.62. The highest BCUT2D eigenvalue weighted by molar-refractivity contribution is 5.76. The van der Waals surface area contributed by atoms with Crippen molar-refractivity contribution in [1.82, 2.24) is 0 Å². The van der Waals surface area contributed by atoms with Crippen LogP contribution in [0.1, 0.15) is 37.8 Å². The van der Waals surface area contributed by atoms with Crippen LogP contribution in [0.4, 0.5) is 0 Å². The zero-order valence-corrected chi connectivity index (χ0v) is 15.1. The minimum absolute atomic E-state index is 0.197. The number of hydrogen-bond acceptors (Lipinski definition) is 4. The molecule has 4 nitrogen and oxygen atoms in total. The molecule has 0 amide bonds. The van der Waals surface area contributed by atoms with Gasteiger partial charge in [0.1, 0.15) is 23.1 Å². The van der Waals surface area contributed by atoms with Crippen molar-refractivity contribution in [3.8, 4) is 11.5 Å². The minimum atomic E-state index is 0.197. The molecule has 0 aliphatic rings. The fourth-order valence-corrected chi connectivity index (χ4v) is 2.10. The largest absolute Gasteiger partial charge is 0.508 e. The average Bonchev–Trinajstić information content (AvgIpc) is 2.60. The van der Waals surface area contributed by atoms with E-state index in [9.17, 15) is 9.59 Å². The molecule has 0 aliphatic heterocycles. The van der Waals surface area contributed by atoms with Crippen molar-refractivity contribution in [2.45, 2.75) is 39.5 Å². The quantitative estimate of drug-likeness (QED) is 0.822. The number of Topliss-reactive ketones (excluding diaryl/α,β-unsaturated/α-hetero) is 2. The van der Waals surface area contributed by atoms with Gasteiger partial charge in [0, 0.05) is 12.8 Å². The maximum Gasteiger partial charge on any atom is 0.130 e. The number of carbonyl (C=O) groups excluding carboxylic acids is 2. The molecule has 134 valence electrons. The number of phenolic OH excluding ortho intramolecular Hbond substituents is 1. The third kappa shape index (κ3) is 9.30. The summed E-state index contributed by atoms with van der Waals surface area (Å²) in [5.41, 5.74) is 2.26. The molecule has 0 spiro atoms. The van der Waals surface area contributed by atoms with Crippen LogP contribution in [0.25, 0.3) is 0 Å². The molecule has 25 heavy (non-hydrogen) atoms. The third-order valence-corrected chi connectivity index (χ3v) is 3.63. The molecule has 0 aliphatic carbocycles. The summed E-state index contributed by atoms with van der Waals surface area (Å²) in [6.07, 6.45) is 2.77. The summed E-state index contributed by atoms with van der Waals surface area (Å²) in [6.45, 7) is 3.20. The molecule has 4 heteroatoms. The molecule has 2 aromatic carbocycles. The van der Waals surface area contributed by atoms with Crippen LogP contribution >= 0.6 is 0 Å². The van der Waals surface area contributed by atoms with E-state index >= 15 is 0 Å².